The molecule has 0 saturated carbocycles. The first-order chi connectivity index (χ1) is 22.4. The summed E-state index contributed by atoms with van der Waals surface area (Å²) in [7, 11) is 1.30. The van der Waals surface area contributed by atoms with Gasteiger partial charge in [-0.2, -0.15) is 0 Å². The number of benzene rings is 3. The molecule has 2 N–H and O–H groups in total. The van der Waals surface area contributed by atoms with Crippen molar-refractivity contribution < 1.29 is 28.7 Å². The lowest BCUT2D eigenvalue weighted by atomic mass is 10.0. The maximum Gasteiger partial charge on any atom is 0.410 e. The van der Waals surface area contributed by atoms with E-state index in [0.717, 1.165) is 20.9 Å². The van der Waals surface area contributed by atoms with Gasteiger partial charge in [0.2, 0.25) is 5.91 Å². The first-order valence-electron chi connectivity index (χ1n) is 14.8. The molecule has 47 heavy (non-hydrogen) atoms. The summed E-state index contributed by atoms with van der Waals surface area (Å²) in [5, 5.41) is 6.00. The molecule has 1 atom stereocenters. The van der Waals surface area contributed by atoms with Crippen molar-refractivity contribution in [2.75, 3.05) is 24.3 Å². The molecule has 1 aliphatic heterocycles. The van der Waals surface area contributed by atoms with Crippen LogP contribution in [0.1, 0.15) is 62.7 Å². The number of amides is 3. The fourth-order valence-corrected chi connectivity index (χ4v) is 7.51. The third-order valence-electron chi connectivity index (χ3n) is 7.11. The fourth-order valence-electron chi connectivity index (χ4n) is 4.99. The van der Waals surface area contributed by atoms with Crippen LogP contribution in [-0.4, -0.2) is 48.0 Å². The van der Waals surface area contributed by atoms with Crippen molar-refractivity contribution in [2.24, 2.45) is 0 Å². The Morgan fingerprint density at radius 1 is 0.957 bits per heavy atom. The largest absolute Gasteiger partial charge is 0.465 e. The average molecular weight is 692 g/mol. The summed E-state index contributed by atoms with van der Waals surface area (Å²) < 4.78 is 10.7. The van der Waals surface area contributed by atoms with Gasteiger partial charge in [-0.15, -0.1) is 23.1 Å². The highest BCUT2D eigenvalue weighted by Crippen LogP contribution is 2.41. The minimum absolute atomic E-state index is 0.249. The summed E-state index contributed by atoms with van der Waals surface area (Å²) >= 11 is 8.62. The predicted molar refractivity (Wildman–Crippen MR) is 186 cm³/mol. The van der Waals surface area contributed by atoms with Gasteiger partial charge in [-0.25, -0.2) is 9.59 Å². The first-order valence-corrected chi connectivity index (χ1v) is 16.9. The van der Waals surface area contributed by atoms with Gasteiger partial charge in [0.25, 0.3) is 5.91 Å². The van der Waals surface area contributed by atoms with Crippen molar-refractivity contribution in [3.05, 3.63) is 111 Å². The summed E-state index contributed by atoms with van der Waals surface area (Å²) in [4.78, 5) is 55.8. The molecule has 1 aromatic heterocycles. The standard InChI is InChI=1S/C35H34ClN3O6S2/c1-35(2,3)45-34(43)39-17-16-26-27(20-39)47-32(28(26)33(42)44-4)38-31(41)29(21-10-6-5-7-11-21)46-25-15-9-14-24(19-25)37-30(40)22-12-8-13-23(36)18-22/h5-15,18-19,29H,16-17,20H2,1-4H3,(H,37,40)(H,38,41). The lowest BCUT2D eigenvalue weighted by Gasteiger charge is -2.30. The lowest BCUT2D eigenvalue weighted by molar-refractivity contribution is -0.115. The number of esters is 1. The maximum absolute atomic E-state index is 14.1. The summed E-state index contributed by atoms with van der Waals surface area (Å²) in [6, 6.07) is 23.2. The summed E-state index contributed by atoms with van der Waals surface area (Å²) in [5.74, 6) is -1.22. The molecule has 1 unspecified atom stereocenters. The highest BCUT2D eigenvalue weighted by atomic mass is 35.5. The number of thiophene rings is 1. The number of hydrogen-bond donors (Lipinski definition) is 2. The number of carbonyl (C=O) groups is 4. The smallest absolute Gasteiger partial charge is 0.410 e. The maximum atomic E-state index is 14.1. The number of rotatable bonds is 8. The van der Waals surface area contributed by atoms with E-state index in [0.29, 0.717) is 39.8 Å². The van der Waals surface area contributed by atoms with Gasteiger partial charge >= 0.3 is 12.1 Å². The molecule has 5 rings (SSSR count). The van der Waals surface area contributed by atoms with Crippen LogP contribution in [0.2, 0.25) is 5.02 Å². The van der Waals surface area contributed by atoms with Crippen molar-refractivity contribution in [1.82, 2.24) is 4.90 Å². The molecular formula is C35H34ClN3O6S2. The van der Waals surface area contributed by atoms with Gasteiger partial charge in [-0.1, -0.05) is 54.1 Å². The van der Waals surface area contributed by atoms with Gasteiger partial charge in [-0.05, 0) is 74.7 Å². The summed E-state index contributed by atoms with van der Waals surface area (Å²) in [5.41, 5.74) is 2.14. The predicted octanol–water partition coefficient (Wildman–Crippen LogP) is 8.21. The molecule has 0 saturated heterocycles. The van der Waals surface area contributed by atoms with E-state index >= 15 is 0 Å². The van der Waals surface area contributed by atoms with Gasteiger partial charge in [0.1, 0.15) is 15.9 Å². The minimum Gasteiger partial charge on any atom is -0.465 e. The van der Waals surface area contributed by atoms with E-state index in [9.17, 15) is 19.2 Å². The third-order valence-corrected chi connectivity index (χ3v) is 9.72. The highest BCUT2D eigenvalue weighted by molar-refractivity contribution is 8.00. The number of halogens is 1. The summed E-state index contributed by atoms with van der Waals surface area (Å²) in [6.07, 6.45) is -0.0241. The molecule has 2 heterocycles. The van der Waals surface area contributed by atoms with Crippen LogP contribution >= 0.6 is 34.7 Å². The number of ether oxygens (including phenoxy) is 2. The first kappa shape index (κ1) is 34.0. The number of nitrogens with one attached hydrogen (secondary N) is 2. The van der Waals surface area contributed by atoms with E-state index in [-0.39, 0.29) is 18.4 Å². The van der Waals surface area contributed by atoms with E-state index in [1.807, 2.05) is 57.2 Å². The van der Waals surface area contributed by atoms with Crippen molar-refractivity contribution in [2.45, 2.75) is 49.5 Å². The lowest BCUT2D eigenvalue weighted by Crippen LogP contribution is -2.39. The normalized spacial score (nSPS) is 13.3. The Bertz CT molecular complexity index is 1800. The van der Waals surface area contributed by atoms with Crippen LogP contribution in [0.5, 0.6) is 0 Å². The van der Waals surface area contributed by atoms with Crippen LogP contribution in [-0.2, 0) is 27.2 Å². The van der Waals surface area contributed by atoms with Crippen LogP contribution in [0, 0.1) is 0 Å². The minimum atomic E-state index is -0.710. The molecule has 0 spiro atoms. The molecule has 0 aliphatic carbocycles. The molecule has 0 fully saturated rings. The second kappa shape index (κ2) is 14.6. The van der Waals surface area contributed by atoms with Gasteiger partial charge < -0.3 is 25.0 Å². The molecule has 0 bridgehead atoms. The van der Waals surface area contributed by atoms with Crippen LogP contribution in [0.15, 0.2) is 83.8 Å². The Hall–Kier alpha value is -4.32. The van der Waals surface area contributed by atoms with Gasteiger partial charge in [0.15, 0.2) is 0 Å². The number of fused-ring (bicyclic) bond motifs is 1. The van der Waals surface area contributed by atoms with Crippen molar-refractivity contribution >= 4 is 69.3 Å². The molecule has 0 radical (unpaired) electrons. The van der Waals surface area contributed by atoms with Crippen molar-refractivity contribution in [3.8, 4) is 0 Å². The number of thioether (sulfide) groups is 1. The Labute approximate surface area is 286 Å². The number of methoxy groups -OCH3 is 1. The van der Waals surface area contributed by atoms with E-state index in [4.69, 9.17) is 21.1 Å². The topological polar surface area (TPSA) is 114 Å². The second-order valence-corrected chi connectivity index (χ2v) is 14.5. The van der Waals surface area contributed by atoms with Gasteiger partial charge in [0.05, 0.1) is 19.2 Å². The zero-order chi connectivity index (χ0) is 33.7. The zero-order valence-corrected chi connectivity index (χ0v) is 28.7. The van der Waals surface area contributed by atoms with Gasteiger partial charge in [-0.3, -0.25) is 9.59 Å². The van der Waals surface area contributed by atoms with Gasteiger partial charge in [0, 0.05) is 32.6 Å². The third kappa shape index (κ3) is 8.54. The number of hydrogen-bond acceptors (Lipinski definition) is 8. The number of carbonyl (C=O) groups excluding carboxylic acids is 4. The molecule has 1 aliphatic rings. The van der Waals surface area contributed by atoms with E-state index in [2.05, 4.69) is 10.6 Å². The Morgan fingerprint density at radius 3 is 2.40 bits per heavy atom. The fraction of sp³-hybridized carbons (Fsp3) is 0.257. The monoisotopic (exact) mass is 691 g/mol. The van der Waals surface area contributed by atoms with Crippen LogP contribution in [0.25, 0.3) is 0 Å². The number of nitrogens with zero attached hydrogens (tertiary/aromatic N) is 1. The van der Waals surface area contributed by atoms with E-state index in [1.165, 1.54) is 30.2 Å². The quantitative estimate of drug-likeness (QED) is 0.141. The molecular weight excluding hydrogens is 658 g/mol. The Balaban J connectivity index is 1.39. The van der Waals surface area contributed by atoms with Crippen LogP contribution in [0.3, 0.4) is 0 Å². The Morgan fingerprint density at radius 2 is 1.70 bits per heavy atom. The van der Waals surface area contributed by atoms with Crippen LogP contribution in [0.4, 0.5) is 15.5 Å². The van der Waals surface area contributed by atoms with E-state index < -0.39 is 22.9 Å². The SMILES string of the molecule is COC(=O)c1c(NC(=O)C(Sc2cccc(NC(=O)c3cccc(Cl)c3)c2)c2ccccc2)sc2c1CCN(C(=O)OC(C)(C)C)C2. The number of anilines is 2. The highest BCUT2D eigenvalue weighted by Gasteiger charge is 2.33. The van der Waals surface area contributed by atoms with Crippen LogP contribution < -0.4 is 10.6 Å². The molecule has 3 aromatic carbocycles. The molecule has 4 aromatic rings. The van der Waals surface area contributed by atoms with E-state index in [1.54, 1.807) is 47.4 Å². The Kier molecular flexibility index (Phi) is 10.6. The molecule has 244 valence electrons. The zero-order valence-electron chi connectivity index (χ0n) is 26.3. The second-order valence-electron chi connectivity index (χ2n) is 11.7. The molecule has 12 heteroatoms. The summed E-state index contributed by atoms with van der Waals surface area (Å²) in [6.45, 7) is 6.04. The molecule has 3 amide bonds. The van der Waals surface area contributed by atoms with Crippen molar-refractivity contribution in [1.29, 1.82) is 0 Å². The average Bonchev–Trinajstić information content (AvgIpc) is 3.40. The van der Waals surface area contributed by atoms with Crippen molar-refractivity contribution in [3.63, 3.8) is 0 Å². The molecule has 9 nitrogen and oxygen atoms in total.